The summed E-state index contributed by atoms with van der Waals surface area (Å²) in [5, 5.41) is 0. The molecule has 0 aliphatic rings. The molecule has 4 N–H and O–H groups in total. The molecule has 0 fully saturated rings. The molecule has 1 unspecified atom stereocenters. The minimum atomic E-state index is -4.42. The smallest absolute Gasteiger partial charge is 0.296 e. The first-order valence-corrected chi connectivity index (χ1v) is 6.71. The number of benzene rings is 1. The summed E-state index contributed by atoms with van der Waals surface area (Å²) in [5.41, 5.74) is 5.00. The molecule has 0 aliphatic carbocycles. The second-order valence-corrected chi connectivity index (χ2v) is 5.96. The summed E-state index contributed by atoms with van der Waals surface area (Å²) in [4.78, 5) is -0.609. The van der Waals surface area contributed by atoms with Crippen LogP contribution in [-0.2, 0) is 19.9 Å². The highest BCUT2D eigenvalue weighted by molar-refractivity contribution is 7.95. The van der Waals surface area contributed by atoms with Gasteiger partial charge in [0.2, 0.25) is 0 Å². The number of rotatable bonds is 2. The van der Waals surface area contributed by atoms with Crippen LogP contribution in [-0.4, -0.2) is 27.6 Å². The average molecular weight is 251 g/mol. The highest BCUT2D eigenvalue weighted by atomic mass is 32.2. The van der Waals surface area contributed by atoms with Gasteiger partial charge in [-0.05, 0) is 24.1 Å². The van der Waals surface area contributed by atoms with E-state index in [1.54, 1.807) is 0 Å². The number of nitrogens with two attached hydrogens (primary N) is 1. The van der Waals surface area contributed by atoms with E-state index in [4.69, 9.17) is 14.8 Å². The molecule has 1 aromatic carbocycles. The Labute approximate surface area is 87.3 Å². The van der Waals surface area contributed by atoms with E-state index in [0.717, 1.165) is 18.2 Å². The zero-order valence-electron chi connectivity index (χ0n) is 7.45. The highest BCUT2D eigenvalue weighted by Crippen LogP contribution is 2.21. The predicted octanol–water partition coefficient (Wildman–Crippen LogP) is 0.0638. The minimum Gasteiger partial charge on any atom is -0.398 e. The van der Waals surface area contributed by atoms with Gasteiger partial charge < -0.3 is 10.3 Å². The number of hydrogen-bond donors (Lipinski definition) is 3. The lowest BCUT2D eigenvalue weighted by Gasteiger charge is -2.05. The predicted molar refractivity (Wildman–Crippen MR) is 56.8 cm³/mol. The minimum absolute atomic E-state index is 0.104. The highest BCUT2D eigenvalue weighted by Gasteiger charge is 2.15. The lowest BCUT2D eigenvalue weighted by molar-refractivity contribution is 0.483. The second kappa shape index (κ2) is 3.49. The lowest BCUT2D eigenvalue weighted by atomic mass is 10.3. The zero-order chi connectivity index (χ0) is 11.9. The number of anilines is 1. The van der Waals surface area contributed by atoms with Crippen LogP contribution in [0.25, 0.3) is 0 Å². The van der Waals surface area contributed by atoms with Crippen LogP contribution in [0.5, 0.6) is 0 Å². The van der Waals surface area contributed by atoms with Gasteiger partial charge in [0.25, 0.3) is 10.1 Å². The molecule has 15 heavy (non-hydrogen) atoms. The van der Waals surface area contributed by atoms with E-state index < -0.39 is 24.8 Å². The summed E-state index contributed by atoms with van der Waals surface area (Å²) in [6.45, 7) is 0. The summed E-state index contributed by atoms with van der Waals surface area (Å²) < 4.78 is 50.3. The van der Waals surface area contributed by atoms with E-state index >= 15 is 0 Å². The zero-order valence-corrected chi connectivity index (χ0v) is 9.09. The SMILES string of the molecule is C=S(=O)(O)c1ccc(S(=O)(=O)O)c(N)c1. The van der Waals surface area contributed by atoms with Gasteiger partial charge in [-0.3, -0.25) is 4.55 Å². The molecule has 0 radical (unpaired) electrons. The van der Waals surface area contributed by atoms with Gasteiger partial charge in [-0.1, -0.05) is 0 Å². The van der Waals surface area contributed by atoms with Gasteiger partial charge in [-0.15, -0.1) is 0 Å². The Kier molecular flexibility index (Phi) is 2.79. The van der Waals surface area contributed by atoms with Crippen molar-refractivity contribution >= 4 is 31.5 Å². The van der Waals surface area contributed by atoms with Crippen LogP contribution in [0.2, 0.25) is 0 Å². The van der Waals surface area contributed by atoms with Crippen LogP contribution in [0.3, 0.4) is 0 Å². The average Bonchev–Trinajstić information content (AvgIpc) is 1.99. The van der Waals surface area contributed by atoms with E-state index in [9.17, 15) is 12.6 Å². The Hall–Kier alpha value is -1.09. The third-order valence-corrected chi connectivity index (χ3v) is 3.55. The van der Waals surface area contributed by atoms with E-state index in [1.807, 2.05) is 0 Å². The van der Waals surface area contributed by atoms with Crippen LogP contribution in [0.4, 0.5) is 5.69 Å². The van der Waals surface area contributed by atoms with Gasteiger partial charge in [0.05, 0.1) is 10.6 Å². The molecule has 0 spiro atoms. The molecule has 0 amide bonds. The van der Waals surface area contributed by atoms with Gasteiger partial charge in [-0.25, -0.2) is 4.21 Å². The molecule has 0 bridgehead atoms. The molecular formula is C7H9NO5S2. The monoisotopic (exact) mass is 251 g/mol. The Morgan fingerprint density at radius 1 is 1.20 bits per heavy atom. The van der Waals surface area contributed by atoms with Gasteiger partial charge >= 0.3 is 0 Å². The van der Waals surface area contributed by atoms with Crippen LogP contribution in [0, 0.1) is 0 Å². The summed E-state index contributed by atoms with van der Waals surface area (Å²) in [5.74, 6) is 2.99. The first kappa shape index (κ1) is 12.0. The van der Waals surface area contributed by atoms with Crippen molar-refractivity contribution in [2.75, 3.05) is 5.73 Å². The molecule has 8 heteroatoms. The molecule has 1 aromatic rings. The van der Waals surface area contributed by atoms with Gasteiger partial charge in [0, 0.05) is 0 Å². The number of nitrogen functional groups attached to an aromatic ring is 1. The van der Waals surface area contributed by atoms with Crippen molar-refractivity contribution in [1.82, 2.24) is 0 Å². The largest absolute Gasteiger partial charge is 0.398 e. The maximum atomic E-state index is 11.1. The molecule has 0 heterocycles. The van der Waals surface area contributed by atoms with E-state index in [-0.39, 0.29) is 10.6 Å². The standard InChI is InChI=1S/C7H9NO5S2/c1-14(9,10)5-2-3-7(6(8)4-5)15(11,12)13/h2-4H,1,8H2,(H,9,10)(H,11,12,13). The van der Waals surface area contributed by atoms with Crippen LogP contribution in [0.1, 0.15) is 0 Å². The molecular weight excluding hydrogens is 242 g/mol. The van der Waals surface area contributed by atoms with Crippen molar-refractivity contribution < 1.29 is 21.7 Å². The van der Waals surface area contributed by atoms with Crippen molar-refractivity contribution in [3.63, 3.8) is 0 Å². The molecule has 0 saturated heterocycles. The number of hydrogen-bond acceptors (Lipinski definition) is 4. The van der Waals surface area contributed by atoms with E-state index in [2.05, 4.69) is 5.87 Å². The molecule has 1 atom stereocenters. The third-order valence-electron chi connectivity index (χ3n) is 1.63. The fourth-order valence-corrected chi connectivity index (χ4v) is 2.15. The van der Waals surface area contributed by atoms with Crippen molar-refractivity contribution in [3.05, 3.63) is 18.2 Å². The fourth-order valence-electron chi connectivity index (χ4n) is 0.960. The third kappa shape index (κ3) is 2.69. The maximum absolute atomic E-state index is 11.1. The Morgan fingerprint density at radius 2 is 1.73 bits per heavy atom. The summed E-state index contributed by atoms with van der Waals surface area (Å²) >= 11 is 0. The summed E-state index contributed by atoms with van der Waals surface area (Å²) in [6, 6.07) is 2.99. The fraction of sp³-hybridized carbons (Fsp3) is 0. The van der Waals surface area contributed by atoms with Crippen LogP contribution in [0.15, 0.2) is 28.0 Å². The molecule has 1 rings (SSSR count). The Bertz CT molecular complexity index is 588. The van der Waals surface area contributed by atoms with E-state index in [1.165, 1.54) is 0 Å². The molecule has 0 aromatic heterocycles. The van der Waals surface area contributed by atoms with Crippen LogP contribution >= 0.6 is 0 Å². The van der Waals surface area contributed by atoms with E-state index in [0.29, 0.717) is 0 Å². The van der Waals surface area contributed by atoms with Crippen molar-refractivity contribution in [2.24, 2.45) is 0 Å². The Balaban J connectivity index is 3.47. The summed E-state index contributed by atoms with van der Waals surface area (Å²) in [6.07, 6.45) is 0. The first-order valence-electron chi connectivity index (χ1n) is 3.59. The molecule has 0 saturated carbocycles. The normalized spacial score (nSPS) is 15.9. The molecule has 0 aliphatic heterocycles. The topological polar surface area (TPSA) is 118 Å². The van der Waals surface area contributed by atoms with Gasteiger partial charge in [-0.2, -0.15) is 8.42 Å². The quantitative estimate of drug-likeness (QED) is 0.389. The van der Waals surface area contributed by atoms with Gasteiger partial charge in [0.1, 0.15) is 14.7 Å². The van der Waals surface area contributed by atoms with Crippen molar-refractivity contribution in [3.8, 4) is 0 Å². The molecule has 6 nitrogen and oxygen atoms in total. The maximum Gasteiger partial charge on any atom is 0.296 e. The van der Waals surface area contributed by atoms with Gasteiger partial charge in [0.15, 0.2) is 0 Å². The van der Waals surface area contributed by atoms with Crippen molar-refractivity contribution in [1.29, 1.82) is 0 Å². The Morgan fingerprint density at radius 3 is 2.07 bits per heavy atom. The van der Waals surface area contributed by atoms with Crippen LogP contribution < -0.4 is 5.73 Å². The van der Waals surface area contributed by atoms with Crippen molar-refractivity contribution in [2.45, 2.75) is 9.79 Å². The second-order valence-electron chi connectivity index (χ2n) is 2.82. The lowest BCUT2D eigenvalue weighted by Crippen LogP contribution is -2.05. The first-order chi connectivity index (χ1) is 6.62. The molecule has 84 valence electrons. The summed E-state index contributed by atoms with van der Waals surface area (Å²) in [7, 11) is -7.86.